The van der Waals surface area contributed by atoms with Crippen molar-refractivity contribution in [2.75, 3.05) is 69.3 Å². The molecule has 2 aromatic rings. The number of benzene rings is 1. The summed E-state index contributed by atoms with van der Waals surface area (Å²) in [6.07, 6.45) is 3.80. The van der Waals surface area contributed by atoms with Gasteiger partial charge in [0.25, 0.3) is 0 Å². The van der Waals surface area contributed by atoms with Crippen molar-refractivity contribution in [3.63, 3.8) is 0 Å². The van der Waals surface area contributed by atoms with E-state index in [-0.39, 0.29) is 12.2 Å². The SMILES string of the molecule is CN1CCN(c2cc(C3C=NC(N)(c4ccc(N5CCOCC5)cc4)N3)ccn2)CC1.N. The molecule has 0 radical (unpaired) electrons. The molecule has 4 heterocycles. The van der Waals surface area contributed by atoms with E-state index in [4.69, 9.17) is 10.5 Å². The highest BCUT2D eigenvalue weighted by Crippen LogP contribution is 2.30. The van der Waals surface area contributed by atoms with Gasteiger partial charge in [0.2, 0.25) is 0 Å². The molecule has 1 aromatic carbocycles. The van der Waals surface area contributed by atoms with E-state index in [1.54, 1.807) is 0 Å². The molecular formula is C23H34N8O. The van der Waals surface area contributed by atoms with Gasteiger partial charge >= 0.3 is 0 Å². The molecule has 0 amide bonds. The molecule has 0 saturated carbocycles. The molecule has 2 fully saturated rings. The molecule has 3 aliphatic heterocycles. The summed E-state index contributed by atoms with van der Waals surface area (Å²) in [5, 5.41) is 3.50. The summed E-state index contributed by atoms with van der Waals surface area (Å²) in [5.74, 6) is 0.0936. The van der Waals surface area contributed by atoms with Crippen molar-refractivity contribution in [2.24, 2.45) is 10.7 Å². The van der Waals surface area contributed by atoms with Crippen LogP contribution >= 0.6 is 0 Å². The maximum absolute atomic E-state index is 6.66. The van der Waals surface area contributed by atoms with Crippen molar-refractivity contribution >= 4 is 17.7 Å². The second-order valence-corrected chi connectivity index (χ2v) is 8.55. The normalized spacial score (nSPS) is 26.2. The highest BCUT2D eigenvalue weighted by molar-refractivity contribution is 5.71. The van der Waals surface area contributed by atoms with Gasteiger partial charge in [-0.15, -0.1) is 0 Å². The van der Waals surface area contributed by atoms with Gasteiger partial charge < -0.3 is 25.6 Å². The Morgan fingerprint density at radius 1 is 1.00 bits per heavy atom. The van der Waals surface area contributed by atoms with Crippen LogP contribution in [0.1, 0.15) is 17.2 Å². The zero-order chi connectivity index (χ0) is 21.3. The lowest BCUT2D eigenvalue weighted by Gasteiger charge is -2.33. The molecule has 3 aliphatic rings. The van der Waals surface area contributed by atoms with Crippen LogP contribution in [0.3, 0.4) is 0 Å². The molecule has 0 bridgehead atoms. The topological polar surface area (TPSA) is 117 Å². The lowest BCUT2D eigenvalue weighted by molar-refractivity contribution is 0.122. The Morgan fingerprint density at radius 2 is 1.72 bits per heavy atom. The molecule has 6 N–H and O–H groups in total. The van der Waals surface area contributed by atoms with Gasteiger partial charge in [-0.1, -0.05) is 12.1 Å². The minimum atomic E-state index is -0.925. The van der Waals surface area contributed by atoms with Crippen LogP contribution in [0.15, 0.2) is 47.6 Å². The van der Waals surface area contributed by atoms with Crippen LogP contribution in [-0.2, 0) is 10.5 Å². The van der Waals surface area contributed by atoms with Gasteiger partial charge in [0.1, 0.15) is 5.82 Å². The highest BCUT2D eigenvalue weighted by Gasteiger charge is 2.34. The van der Waals surface area contributed by atoms with Crippen molar-refractivity contribution in [1.29, 1.82) is 0 Å². The molecule has 172 valence electrons. The smallest absolute Gasteiger partial charge is 0.189 e. The predicted octanol–water partition coefficient (Wildman–Crippen LogP) is 1.32. The molecule has 0 aliphatic carbocycles. The monoisotopic (exact) mass is 438 g/mol. The maximum Gasteiger partial charge on any atom is 0.189 e. The van der Waals surface area contributed by atoms with Gasteiger partial charge in [0.05, 0.1) is 19.3 Å². The summed E-state index contributed by atoms with van der Waals surface area (Å²) in [7, 11) is 2.16. The largest absolute Gasteiger partial charge is 0.378 e. The van der Waals surface area contributed by atoms with Crippen molar-refractivity contribution in [3.8, 4) is 0 Å². The fraction of sp³-hybridized carbons (Fsp3) is 0.478. The summed E-state index contributed by atoms with van der Waals surface area (Å²) >= 11 is 0. The summed E-state index contributed by atoms with van der Waals surface area (Å²) < 4.78 is 5.45. The molecule has 0 spiro atoms. The zero-order valence-electron chi connectivity index (χ0n) is 18.8. The van der Waals surface area contributed by atoms with Crippen LogP contribution in [-0.4, -0.2) is 75.6 Å². The lowest BCUT2D eigenvalue weighted by Crippen LogP contribution is -2.46. The van der Waals surface area contributed by atoms with Gasteiger partial charge in [-0.2, -0.15) is 0 Å². The minimum Gasteiger partial charge on any atom is -0.378 e. The number of nitrogens with zero attached hydrogens (tertiary/aromatic N) is 5. The number of aromatic nitrogens is 1. The van der Waals surface area contributed by atoms with E-state index < -0.39 is 5.79 Å². The van der Waals surface area contributed by atoms with E-state index in [1.165, 1.54) is 5.69 Å². The van der Waals surface area contributed by atoms with E-state index in [2.05, 4.69) is 67.4 Å². The molecule has 9 heteroatoms. The minimum absolute atomic E-state index is 0. The summed E-state index contributed by atoms with van der Waals surface area (Å²) in [5.41, 5.74) is 9.94. The number of piperazine rings is 1. The Labute approximate surface area is 189 Å². The van der Waals surface area contributed by atoms with E-state index in [0.717, 1.165) is 69.4 Å². The first-order valence-corrected chi connectivity index (χ1v) is 11.1. The molecule has 2 saturated heterocycles. The third-order valence-corrected chi connectivity index (χ3v) is 6.44. The summed E-state index contributed by atoms with van der Waals surface area (Å²) in [4.78, 5) is 16.3. The average molecular weight is 439 g/mol. The number of hydrogen-bond acceptors (Lipinski definition) is 9. The fourth-order valence-electron chi connectivity index (χ4n) is 4.41. The van der Waals surface area contributed by atoms with Crippen LogP contribution in [0.25, 0.3) is 0 Å². The van der Waals surface area contributed by atoms with Crippen molar-refractivity contribution in [3.05, 3.63) is 53.7 Å². The number of likely N-dealkylation sites (N-methyl/N-ethyl adjacent to an activating group) is 1. The quantitative estimate of drug-likeness (QED) is 0.654. The Hall–Kier alpha value is -2.56. The van der Waals surface area contributed by atoms with Crippen LogP contribution in [0, 0.1) is 0 Å². The third-order valence-electron chi connectivity index (χ3n) is 6.44. The molecule has 2 atom stereocenters. The highest BCUT2D eigenvalue weighted by atomic mass is 16.5. The standard InChI is InChI=1S/C23H31N7O.H3N/c1-28-8-10-30(11-9-28)22-16-18(6-7-25-22)21-17-26-23(24,27-21)19-2-4-20(5-3-19)29-12-14-31-15-13-29;/h2-7,16-17,21,27H,8-15,24H2,1H3;1H3. The first-order valence-electron chi connectivity index (χ1n) is 11.1. The van der Waals surface area contributed by atoms with Gasteiger partial charge in [0, 0.05) is 62.9 Å². The van der Waals surface area contributed by atoms with Crippen molar-refractivity contribution in [1.82, 2.24) is 21.4 Å². The van der Waals surface area contributed by atoms with Gasteiger partial charge in [-0.05, 0) is 36.9 Å². The van der Waals surface area contributed by atoms with E-state index in [1.807, 2.05) is 18.5 Å². The van der Waals surface area contributed by atoms with Crippen LogP contribution in [0.2, 0.25) is 0 Å². The number of nitrogens with two attached hydrogens (primary N) is 1. The third kappa shape index (κ3) is 4.62. The molecule has 2 unspecified atom stereocenters. The van der Waals surface area contributed by atoms with Crippen molar-refractivity contribution < 1.29 is 4.74 Å². The second-order valence-electron chi connectivity index (χ2n) is 8.55. The number of rotatable bonds is 4. The van der Waals surface area contributed by atoms with Crippen LogP contribution in [0.4, 0.5) is 11.5 Å². The van der Waals surface area contributed by atoms with Crippen molar-refractivity contribution in [2.45, 2.75) is 11.8 Å². The first-order chi connectivity index (χ1) is 15.1. The molecule has 32 heavy (non-hydrogen) atoms. The van der Waals surface area contributed by atoms with E-state index in [9.17, 15) is 0 Å². The Kier molecular flexibility index (Phi) is 6.73. The maximum atomic E-state index is 6.66. The molecule has 5 rings (SSSR count). The number of pyridine rings is 1. The van der Waals surface area contributed by atoms with Gasteiger partial charge in [-0.25, -0.2) is 4.98 Å². The van der Waals surface area contributed by atoms with Gasteiger partial charge in [-0.3, -0.25) is 16.0 Å². The summed E-state index contributed by atoms with van der Waals surface area (Å²) in [6.45, 7) is 7.50. The predicted molar refractivity (Wildman–Crippen MR) is 129 cm³/mol. The Morgan fingerprint density at radius 3 is 2.44 bits per heavy atom. The Balaban J connectivity index is 0.00000245. The van der Waals surface area contributed by atoms with E-state index in [0.29, 0.717) is 0 Å². The molecular weight excluding hydrogens is 404 g/mol. The molecule has 9 nitrogen and oxygen atoms in total. The zero-order valence-corrected chi connectivity index (χ0v) is 18.8. The lowest BCUT2D eigenvalue weighted by atomic mass is 10.1. The summed E-state index contributed by atoms with van der Waals surface area (Å²) in [6, 6.07) is 12.5. The fourth-order valence-corrected chi connectivity index (χ4v) is 4.41. The van der Waals surface area contributed by atoms with E-state index >= 15 is 0 Å². The number of nitrogens with one attached hydrogen (secondary N) is 1. The molecule has 1 aromatic heterocycles. The number of anilines is 2. The van der Waals surface area contributed by atoms with Gasteiger partial charge in [0.15, 0.2) is 5.79 Å². The number of hydrogen-bond donors (Lipinski definition) is 3. The number of ether oxygens (including phenoxy) is 1. The van der Waals surface area contributed by atoms with Crippen LogP contribution < -0.4 is 27.0 Å². The Bertz CT molecular complexity index is 922. The number of aliphatic imine (C=N–C) groups is 1. The van der Waals surface area contributed by atoms with Crippen LogP contribution in [0.5, 0.6) is 0 Å². The second kappa shape index (κ2) is 9.51. The number of morpholine rings is 1. The average Bonchev–Trinajstić information content (AvgIpc) is 3.24. The first kappa shape index (κ1) is 22.6.